The van der Waals surface area contributed by atoms with Crippen LogP contribution < -0.4 is 15.8 Å². The van der Waals surface area contributed by atoms with E-state index >= 15 is 0 Å². The van der Waals surface area contributed by atoms with Crippen LogP contribution in [0.3, 0.4) is 0 Å². The highest BCUT2D eigenvalue weighted by atomic mass is 16.5. The SMILES string of the molecule is NC(=O)N1CCC(C(=O)N[C@@H]2CCOc3ccccc32)CC1. The number of piperidine rings is 1. The molecule has 1 atom stereocenters. The molecule has 2 aliphatic rings. The summed E-state index contributed by atoms with van der Waals surface area (Å²) in [7, 11) is 0. The molecule has 0 saturated carbocycles. The fourth-order valence-corrected chi connectivity index (χ4v) is 3.14. The molecule has 0 aliphatic carbocycles. The molecule has 6 nitrogen and oxygen atoms in total. The molecule has 3 amide bonds. The minimum atomic E-state index is -0.405. The first kappa shape index (κ1) is 14.7. The van der Waals surface area contributed by atoms with E-state index in [1.165, 1.54) is 0 Å². The van der Waals surface area contributed by atoms with E-state index in [1.807, 2.05) is 24.3 Å². The zero-order valence-electron chi connectivity index (χ0n) is 12.5. The minimum absolute atomic E-state index is 0.00613. The number of nitrogens with zero attached hydrogens (tertiary/aromatic N) is 1. The van der Waals surface area contributed by atoms with Crippen molar-refractivity contribution >= 4 is 11.9 Å². The molecule has 22 heavy (non-hydrogen) atoms. The largest absolute Gasteiger partial charge is 0.493 e. The maximum absolute atomic E-state index is 12.5. The highest BCUT2D eigenvalue weighted by Crippen LogP contribution is 2.32. The summed E-state index contributed by atoms with van der Waals surface area (Å²) in [6.07, 6.45) is 2.11. The summed E-state index contributed by atoms with van der Waals surface area (Å²) < 4.78 is 5.61. The smallest absolute Gasteiger partial charge is 0.314 e. The van der Waals surface area contributed by atoms with Crippen molar-refractivity contribution in [2.24, 2.45) is 11.7 Å². The van der Waals surface area contributed by atoms with Crippen molar-refractivity contribution in [3.8, 4) is 5.75 Å². The van der Waals surface area contributed by atoms with Gasteiger partial charge in [-0.3, -0.25) is 4.79 Å². The number of likely N-dealkylation sites (tertiary alicyclic amines) is 1. The Labute approximate surface area is 129 Å². The average molecular weight is 303 g/mol. The highest BCUT2D eigenvalue weighted by Gasteiger charge is 2.29. The van der Waals surface area contributed by atoms with Crippen LogP contribution in [0.15, 0.2) is 24.3 Å². The first-order valence-corrected chi connectivity index (χ1v) is 7.71. The fraction of sp³-hybridized carbons (Fsp3) is 0.500. The number of fused-ring (bicyclic) bond motifs is 1. The van der Waals surface area contributed by atoms with E-state index in [4.69, 9.17) is 10.5 Å². The lowest BCUT2D eigenvalue weighted by molar-refractivity contribution is -0.127. The molecule has 1 aromatic rings. The first-order chi connectivity index (χ1) is 10.6. The van der Waals surface area contributed by atoms with Gasteiger partial charge in [-0.1, -0.05) is 18.2 Å². The number of ether oxygens (including phenoxy) is 1. The van der Waals surface area contributed by atoms with Gasteiger partial charge in [0.2, 0.25) is 5.91 Å². The topological polar surface area (TPSA) is 84.7 Å². The molecular formula is C16H21N3O3. The second-order valence-corrected chi connectivity index (χ2v) is 5.84. The molecule has 0 aromatic heterocycles. The van der Waals surface area contributed by atoms with Crippen LogP contribution in [-0.2, 0) is 4.79 Å². The van der Waals surface area contributed by atoms with Gasteiger partial charge in [0.25, 0.3) is 0 Å². The van der Waals surface area contributed by atoms with E-state index in [1.54, 1.807) is 4.90 Å². The lowest BCUT2D eigenvalue weighted by Crippen LogP contribution is -2.45. The van der Waals surface area contributed by atoms with Crippen molar-refractivity contribution in [1.29, 1.82) is 0 Å². The van der Waals surface area contributed by atoms with Gasteiger partial charge in [-0.05, 0) is 18.9 Å². The van der Waals surface area contributed by atoms with Gasteiger partial charge in [-0.25, -0.2) is 4.79 Å². The van der Waals surface area contributed by atoms with Crippen LogP contribution in [0.25, 0.3) is 0 Å². The number of nitrogens with one attached hydrogen (secondary N) is 1. The number of rotatable bonds is 2. The number of hydrogen-bond acceptors (Lipinski definition) is 3. The third-order valence-electron chi connectivity index (χ3n) is 4.45. The zero-order chi connectivity index (χ0) is 15.5. The van der Waals surface area contributed by atoms with Crippen molar-refractivity contribution in [2.45, 2.75) is 25.3 Å². The number of nitrogens with two attached hydrogens (primary N) is 1. The average Bonchev–Trinajstić information content (AvgIpc) is 2.55. The molecule has 0 bridgehead atoms. The van der Waals surface area contributed by atoms with Crippen molar-refractivity contribution in [3.05, 3.63) is 29.8 Å². The highest BCUT2D eigenvalue weighted by molar-refractivity contribution is 5.80. The van der Waals surface area contributed by atoms with E-state index in [0.29, 0.717) is 32.5 Å². The molecule has 0 unspecified atom stereocenters. The van der Waals surface area contributed by atoms with E-state index in [0.717, 1.165) is 17.7 Å². The van der Waals surface area contributed by atoms with Gasteiger partial charge >= 0.3 is 6.03 Å². The fourth-order valence-electron chi connectivity index (χ4n) is 3.14. The lowest BCUT2D eigenvalue weighted by atomic mass is 9.94. The maximum atomic E-state index is 12.5. The van der Waals surface area contributed by atoms with E-state index in [-0.39, 0.29) is 17.9 Å². The van der Waals surface area contributed by atoms with Crippen molar-refractivity contribution in [1.82, 2.24) is 10.2 Å². The standard InChI is InChI=1S/C16H21N3O3/c17-16(21)19-8-5-11(6-9-19)15(20)18-13-7-10-22-14-4-2-1-3-12(13)14/h1-4,11,13H,5-10H2,(H2,17,21)(H,18,20)/t13-/m1/s1. The van der Waals surface area contributed by atoms with Gasteiger partial charge in [0, 0.05) is 31.0 Å². The molecule has 118 valence electrons. The number of hydrogen-bond donors (Lipinski definition) is 2. The molecule has 2 aliphatic heterocycles. The molecule has 2 heterocycles. The number of amides is 3. The molecule has 1 saturated heterocycles. The normalized spacial score (nSPS) is 21.6. The first-order valence-electron chi connectivity index (χ1n) is 7.71. The van der Waals surface area contributed by atoms with Crippen LogP contribution >= 0.6 is 0 Å². The Bertz CT molecular complexity index is 568. The Morgan fingerprint density at radius 1 is 1.18 bits per heavy atom. The van der Waals surface area contributed by atoms with Gasteiger partial charge in [0.1, 0.15) is 5.75 Å². The Kier molecular flexibility index (Phi) is 4.18. The predicted molar refractivity (Wildman–Crippen MR) is 81.3 cm³/mol. The van der Waals surface area contributed by atoms with Gasteiger partial charge in [-0.15, -0.1) is 0 Å². The molecule has 3 N–H and O–H groups in total. The summed E-state index contributed by atoms with van der Waals surface area (Å²) in [4.78, 5) is 25.2. The summed E-state index contributed by atoms with van der Waals surface area (Å²) in [6, 6.07) is 7.41. The summed E-state index contributed by atoms with van der Waals surface area (Å²) >= 11 is 0. The Hall–Kier alpha value is -2.24. The van der Waals surface area contributed by atoms with Crippen LogP contribution in [0.1, 0.15) is 30.9 Å². The van der Waals surface area contributed by atoms with E-state index < -0.39 is 6.03 Å². The molecule has 0 radical (unpaired) electrons. The van der Waals surface area contributed by atoms with Gasteiger partial charge in [0.05, 0.1) is 12.6 Å². The van der Waals surface area contributed by atoms with Gasteiger partial charge in [-0.2, -0.15) is 0 Å². The Morgan fingerprint density at radius 2 is 1.91 bits per heavy atom. The second kappa shape index (κ2) is 6.25. The third-order valence-corrected chi connectivity index (χ3v) is 4.45. The maximum Gasteiger partial charge on any atom is 0.314 e. The summed E-state index contributed by atoms with van der Waals surface area (Å²) in [6.45, 7) is 1.72. The zero-order valence-corrected chi connectivity index (χ0v) is 12.5. The summed E-state index contributed by atoms with van der Waals surface area (Å²) in [5.41, 5.74) is 6.30. The predicted octanol–water partition coefficient (Wildman–Crippen LogP) is 1.42. The monoisotopic (exact) mass is 303 g/mol. The molecule has 0 spiro atoms. The quantitative estimate of drug-likeness (QED) is 0.866. The molecule has 6 heteroatoms. The molecule has 1 aromatic carbocycles. The number of benzene rings is 1. The van der Waals surface area contributed by atoms with Crippen LogP contribution in [-0.4, -0.2) is 36.5 Å². The third kappa shape index (κ3) is 3.00. The summed E-state index contributed by atoms with van der Waals surface area (Å²) in [5, 5.41) is 3.14. The molecule has 1 fully saturated rings. The van der Waals surface area contributed by atoms with Crippen LogP contribution in [0.5, 0.6) is 5.75 Å². The number of carbonyl (C=O) groups is 2. The lowest BCUT2D eigenvalue weighted by Gasteiger charge is -2.32. The second-order valence-electron chi connectivity index (χ2n) is 5.84. The number of para-hydroxylation sites is 1. The van der Waals surface area contributed by atoms with Crippen LogP contribution in [0.4, 0.5) is 4.79 Å². The van der Waals surface area contributed by atoms with E-state index in [2.05, 4.69) is 5.32 Å². The summed E-state index contributed by atoms with van der Waals surface area (Å²) in [5.74, 6) is 0.860. The van der Waals surface area contributed by atoms with Crippen molar-refractivity contribution < 1.29 is 14.3 Å². The van der Waals surface area contributed by atoms with Gasteiger partial charge < -0.3 is 20.7 Å². The van der Waals surface area contributed by atoms with Crippen molar-refractivity contribution in [2.75, 3.05) is 19.7 Å². The Balaban J connectivity index is 1.60. The van der Waals surface area contributed by atoms with Crippen LogP contribution in [0.2, 0.25) is 0 Å². The Morgan fingerprint density at radius 3 is 2.64 bits per heavy atom. The number of urea groups is 1. The molecular weight excluding hydrogens is 282 g/mol. The number of primary amides is 1. The molecule has 3 rings (SSSR count). The van der Waals surface area contributed by atoms with E-state index in [9.17, 15) is 9.59 Å². The van der Waals surface area contributed by atoms with Crippen LogP contribution in [0, 0.1) is 5.92 Å². The van der Waals surface area contributed by atoms with Gasteiger partial charge in [0.15, 0.2) is 0 Å². The number of carbonyl (C=O) groups excluding carboxylic acids is 2. The van der Waals surface area contributed by atoms with Crippen molar-refractivity contribution in [3.63, 3.8) is 0 Å². The minimum Gasteiger partial charge on any atom is -0.493 e.